The van der Waals surface area contributed by atoms with Crippen LogP contribution in [0.3, 0.4) is 0 Å². The molecule has 1 aromatic rings. The lowest BCUT2D eigenvalue weighted by atomic mass is 10.1. The van der Waals surface area contributed by atoms with Crippen molar-refractivity contribution in [3.63, 3.8) is 0 Å². The summed E-state index contributed by atoms with van der Waals surface area (Å²) in [6, 6.07) is 6.53. The molecule has 0 aliphatic rings. The van der Waals surface area contributed by atoms with E-state index < -0.39 is 19.8 Å². The predicted molar refractivity (Wildman–Crippen MR) is 87.7 cm³/mol. The molecule has 24 heavy (non-hydrogen) atoms. The predicted octanol–water partition coefficient (Wildman–Crippen LogP) is 2.34. The van der Waals surface area contributed by atoms with Gasteiger partial charge in [0.2, 0.25) is 0 Å². The summed E-state index contributed by atoms with van der Waals surface area (Å²) in [6.45, 7) is 0.125. The number of benzene rings is 1. The molecule has 0 aromatic heterocycles. The lowest BCUT2D eigenvalue weighted by Gasteiger charge is -2.25. The molecular weight excluding hydrogens is 336 g/mol. The first-order valence-electron chi connectivity index (χ1n) is 7.24. The van der Waals surface area contributed by atoms with Crippen LogP contribution < -0.4 is 0 Å². The van der Waals surface area contributed by atoms with Gasteiger partial charge in [-0.1, -0.05) is 18.2 Å². The van der Waals surface area contributed by atoms with Gasteiger partial charge in [-0.25, -0.2) is 4.79 Å². The zero-order valence-electron chi connectivity index (χ0n) is 13.9. The molecule has 134 valence electrons. The normalized spacial score (nSPS) is 11.3. The second-order valence-corrected chi connectivity index (χ2v) is 8.08. The molecule has 0 bridgehead atoms. The minimum Gasteiger partial charge on any atom is -0.465 e. The van der Waals surface area contributed by atoms with Crippen molar-refractivity contribution in [2.45, 2.75) is 19.0 Å². The molecule has 0 saturated heterocycles. The maximum atomic E-state index is 11.4. The first-order chi connectivity index (χ1) is 11.4. The Morgan fingerprint density at radius 2 is 1.83 bits per heavy atom. The maximum absolute atomic E-state index is 11.4. The van der Waals surface area contributed by atoms with Crippen LogP contribution >= 0.6 is 0 Å². The highest BCUT2D eigenvalue weighted by molar-refractivity contribution is 6.60. The largest absolute Gasteiger partial charge is 0.500 e. The Balaban J connectivity index is 2.76. The molecule has 0 saturated carbocycles. The number of nitro benzene ring substituents is 1. The Hall–Kier alpha value is -2.01. The van der Waals surface area contributed by atoms with Gasteiger partial charge in [0.15, 0.2) is 0 Å². The summed E-state index contributed by atoms with van der Waals surface area (Å²) >= 11 is 0. The van der Waals surface area contributed by atoms with Crippen LogP contribution in [0.15, 0.2) is 24.3 Å². The highest BCUT2D eigenvalue weighted by Crippen LogP contribution is 2.21. The molecule has 1 aromatic carbocycles. The molecule has 1 N–H and O–H groups in total. The fourth-order valence-electron chi connectivity index (χ4n) is 2.31. The molecule has 0 aliphatic heterocycles. The zero-order chi connectivity index (χ0) is 18.2. The number of para-hydroxylation sites is 1. The topological polar surface area (TPSA) is 111 Å². The van der Waals surface area contributed by atoms with Crippen LogP contribution in [0, 0.1) is 10.1 Å². The first-order valence-corrected chi connectivity index (χ1v) is 9.18. The van der Waals surface area contributed by atoms with Gasteiger partial charge in [0, 0.05) is 45.5 Å². The zero-order valence-corrected chi connectivity index (χ0v) is 14.9. The molecule has 1 amide bonds. The van der Waals surface area contributed by atoms with E-state index in [9.17, 15) is 20.0 Å². The molecule has 0 atom stereocenters. The Bertz CT molecular complexity index is 558. The van der Waals surface area contributed by atoms with Crippen molar-refractivity contribution in [1.82, 2.24) is 4.90 Å². The maximum Gasteiger partial charge on any atom is 0.500 e. The number of hydrogen-bond donors (Lipinski definition) is 1. The molecule has 1 rings (SSSR count). The van der Waals surface area contributed by atoms with Crippen molar-refractivity contribution in [2.75, 3.05) is 27.9 Å². The third-order valence-electron chi connectivity index (χ3n) is 3.66. The Morgan fingerprint density at radius 1 is 1.25 bits per heavy atom. The molecule has 0 aliphatic carbocycles. The van der Waals surface area contributed by atoms with Gasteiger partial charge in [0.05, 0.1) is 11.5 Å². The fourth-order valence-corrected chi connectivity index (χ4v) is 4.02. The van der Waals surface area contributed by atoms with E-state index in [1.165, 1.54) is 27.4 Å². The number of hydrogen-bond acceptors (Lipinski definition) is 6. The summed E-state index contributed by atoms with van der Waals surface area (Å²) in [4.78, 5) is 23.1. The smallest absolute Gasteiger partial charge is 0.465 e. The minimum absolute atomic E-state index is 0.0615. The molecule has 10 heteroatoms. The van der Waals surface area contributed by atoms with Crippen molar-refractivity contribution in [3.8, 4) is 0 Å². The molecule has 0 fully saturated rings. The van der Waals surface area contributed by atoms with E-state index in [-0.39, 0.29) is 18.8 Å². The van der Waals surface area contributed by atoms with Crippen molar-refractivity contribution in [1.29, 1.82) is 0 Å². The number of carbonyl (C=O) groups is 1. The van der Waals surface area contributed by atoms with E-state index in [2.05, 4.69) is 0 Å². The number of nitrogens with zero attached hydrogens (tertiary/aromatic N) is 2. The number of carboxylic acid groups (broad SMARTS) is 1. The summed E-state index contributed by atoms with van der Waals surface area (Å²) in [7, 11) is 1.70. The molecule has 0 heterocycles. The van der Waals surface area contributed by atoms with Gasteiger partial charge >= 0.3 is 14.9 Å². The van der Waals surface area contributed by atoms with Crippen LogP contribution in [-0.2, 0) is 19.8 Å². The van der Waals surface area contributed by atoms with Crippen LogP contribution in [0.2, 0.25) is 6.04 Å². The van der Waals surface area contributed by atoms with Gasteiger partial charge in [-0.2, -0.15) is 0 Å². The molecule has 0 unspecified atom stereocenters. The number of rotatable bonds is 10. The molecule has 0 radical (unpaired) electrons. The molecule has 0 spiro atoms. The molecular formula is C14H22N2O7Si. The third kappa shape index (κ3) is 5.27. The lowest BCUT2D eigenvalue weighted by Crippen LogP contribution is -2.43. The summed E-state index contributed by atoms with van der Waals surface area (Å²) in [5.74, 6) is 0. The highest BCUT2D eigenvalue weighted by atomic mass is 28.4. The molecule has 9 nitrogen and oxygen atoms in total. The van der Waals surface area contributed by atoms with Crippen LogP contribution in [-0.4, -0.2) is 57.7 Å². The van der Waals surface area contributed by atoms with Crippen molar-refractivity contribution in [3.05, 3.63) is 39.9 Å². The summed E-state index contributed by atoms with van der Waals surface area (Å²) in [5, 5.41) is 20.4. The van der Waals surface area contributed by atoms with Gasteiger partial charge in [-0.3, -0.25) is 10.1 Å². The Labute approximate surface area is 141 Å². The van der Waals surface area contributed by atoms with E-state index in [1.807, 2.05) is 0 Å². The highest BCUT2D eigenvalue weighted by Gasteiger charge is 2.37. The van der Waals surface area contributed by atoms with Crippen molar-refractivity contribution in [2.24, 2.45) is 0 Å². The second kappa shape index (κ2) is 9.32. The van der Waals surface area contributed by atoms with E-state index in [0.29, 0.717) is 18.0 Å². The monoisotopic (exact) mass is 358 g/mol. The number of amides is 1. The quantitative estimate of drug-likeness (QED) is 0.388. The minimum atomic E-state index is -2.77. The number of nitro groups is 1. The van der Waals surface area contributed by atoms with Crippen LogP contribution in [0.1, 0.15) is 12.0 Å². The van der Waals surface area contributed by atoms with Crippen LogP contribution in [0.25, 0.3) is 0 Å². The van der Waals surface area contributed by atoms with Gasteiger partial charge in [-0.15, -0.1) is 0 Å². The Morgan fingerprint density at radius 3 is 2.33 bits per heavy atom. The van der Waals surface area contributed by atoms with E-state index in [0.717, 1.165) is 4.90 Å². The SMILES string of the molecule is CO[Si](CCCN(Cc1ccccc1[N+](=O)[O-])C(=O)O)(OC)OC. The first kappa shape index (κ1) is 20.0. The van der Waals surface area contributed by atoms with Crippen molar-refractivity contribution < 1.29 is 28.1 Å². The van der Waals surface area contributed by atoms with E-state index in [4.69, 9.17) is 13.3 Å². The van der Waals surface area contributed by atoms with Crippen LogP contribution in [0.4, 0.5) is 10.5 Å². The standard InChI is InChI=1S/C14H22N2O7Si/c1-21-24(22-2,23-3)10-6-9-15(14(17)18)11-12-7-4-5-8-13(12)16(19)20/h4-5,7-8H,6,9-11H2,1-3H3,(H,17,18). The summed E-state index contributed by atoms with van der Waals surface area (Å²) in [5.41, 5.74) is 0.247. The average Bonchev–Trinajstić information content (AvgIpc) is 2.58. The third-order valence-corrected chi connectivity index (χ3v) is 6.50. The second-order valence-electron chi connectivity index (χ2n) is 4.99. The van der Waals surface area contributed by atoms with Gasteiger partial charge < -0.3 is 23.3 Å². The fraction of sp³-hybridized carbons (Fsp3) is 0.500. The Kier molecular flexibility index (Phi) is 7.78. The average molecular weight is 358 g/mol. The van der Waals surface area contributed by atoms with Crippen LogP contribution in [0.5, 0.6) is 0 Å². The lowest BCUT2D eigenvalue weighted by molar-refractivity contribution is -0.385. The van der Waals surface area contributed by atoms with Crippen molar-refractivity contribution >= 4 is 20.6 Å². The van der Waals surface area contributed by atoms with Gasteiger partial charge in [-0.05, 0) is 6.42 Å². The van der Waals surface area contributed by atoms with E-state index >= 15 is 0 Å². The van der Waals surface area contributed by atoms with Gasteiger partial charge in [0.25, 0.3) is 5.69 Å². The van der Waals surface area contributed by atoms with E-state index in [1.54, 1.807) is 18.2 Å². The summed E-state index contributed by atoms with van der Waals surface area (Å²) < 4.78 is 15.9. The van der Waals surface area contributed by atoms with Gasteiger partial charge in [0.1, 0.15) is 0 Å². The summed E-state index contributed by atoms with van der Waals surface area (Å²) in [6.07, 6.45) is -0.693.